The van der Waals surface area contributed by atoms with Crippen LogP contribution in [0.2, 0.25) is 5.02 Å². The van der Waals surface area contributed by atoms with E-state index in [0.717, 1.165) is 5.56 Å². The Morgan fingerprint density at radius 1 is 1.17 bits per heavy atom. The van der Waals surface area contributed by atoms with Crippen molar-refractivity contribution in [1.82, 2.24) is 10.5 Å². The van der Waals surface area contributed by atoms with E-state index in [1.807, 2.05) is 0 Å². The van der Waals surface area contributed by atoms with Gasteiger partial charge in [0.2, 0.25) is 0 Å². The highest BCUT2D eigenvalue weighted by atomic mass is 35.5. The van der Waals surface area contributed by atoms with E-state index < -0.39 is 24.5 Å². The van der Waals surface area contributed by atoms with Crippen molar-refractivity contribution in [3.63, 3.8) is 0 Å². The van der Waals surface area contributed by atoms with E-state index in [4.69, 9.17) is 26.3 Å². The third kappa shape index (κ3) is 7.61. The van der Waals surface area contributed by atoms with Crippen molar-refractivity contribution in [1.29, 1.82) is 0 Å². The van der Waals surface area contributed by atoms with Crippen LogP contribution < -0.4 is 20.3 Å². The summed E-state index contributed by atoms with van der Waals surface area (Å²) in [6.45, 7) is -0.741. The highest BCUT2D eigenvalue weighted by molar-refractivity contribution is 6.30. The van der Waals surface area contributed by atoms with Crippen molar-refractivity contribution in [2.75, 3.05) is 19.0 Å². The summed E-state index contributed by atoms with van der Waals surface area (Å²) in [5.41, 5.74) is 2.65. The zero-order valence-electron chi connectivity index (χ0n) is 18.9. The zero-order chi connectivity index (χ0) is 26.1. The standard InChI is InChI=1S/C25H21ClF3N3O4/c1-35-21-10-2-16(3-11-21)15-36-22-12-23(32-24(33)17-5-8-20(26)9-6-17)30-13-18(22)4-7-19(14-31-34)25(27,28)29/h2-3,5-6,8-13,19,31,34H,14-15H2,1H3,(H,30,32,33). The fourth-order valence-corrected chi connectivity index (χ4v) is 3.02. The van der Waals surface area contributed by atoms with Crippen LogP contribution in [0.1, 0.15) is 21.5 Å². The lowest BCUT2D eigenvalue weighted by atomic mass is 10.1. The molecule has 0 aliphatic carbocycles. The summed E-state index contributed by atoms with van der Waals surface area (Å²) in [6.07, 6.45) is -3.46. The number of nitrogens with zero attached hydrogens (tertiary/aromatic N) is 1. The number of hydrogen-bond acceptors (Lipinski definition) is 6. The number of amides is 1. The monoisotopic (exact) mass is 519 g/mol. The molecule has 1 amide bonds. The summed E-state index contributed by atoms with van der Waals surface area (Å²) in [4.78, 5) is 16.6. The number of alkyl halides is 3. The summed E-state index contributed by atoms with van der Waals surface area (Å²) < 4.78 is 50.4. The number of hydroxylamine groups is 1. The number of anilines is 1. The minimum absolute atomic E-state index is 0.0636. The van der Waals surface area contributed by atoms with Crippen LogP contribution in [0.4, 0.5) is 19.0 Å². The Morgan fingerprint density at radius 3 is 2.47 bits per heavy atom. The molecule has 0 fully saturated rings. The molecule has 3 aromatic rings. The smallest absolute Gasteiger partial charge is 0.403 e. The molecule has 1 atom stereocenters. The average molecular weight is 520 g/mol. The number of nitrogens with one attached hydrogen (secondary N) is 2. The first-order valence-electron chi connectivity index (χ1n) is 10.5. The van der Waals surface area contributed by atoms with E-state index in [1.165, 1.54) is 37.0 Å². The first-order valence-corrected chi connectivity index (χ1v) is 10.9. The summed E-state index contributed by atoms with van der Waals surface area (Å²) in [6, 6.07) is 14.6. The molecule has 1 aromatic heterocycles. The summed E-state index contributed by atoms with van der Waals surface area (Å²) in [7, 11) is 1.54. The molecule has 0 radical (unpaired) electrons. The second kappa shape index (κ2) is 12.3. The van der Waals surface area contributed by atoms with Gasteiger partial charge in [-0.25, -0.2) is 10.5 Å². The predicted molar refractivity (Wildman–Crippen MR) is 127 cm³/mol. The molecule has 1 heterocycles. The number of ether oxygens (including phenoxy) is 2. The van der Waals surface area contributed by atoms with Gasteiger partial charge in [0, 0.05) is 29.4 Å². The van der Waals surface area contributed by atoms with E-state index in [2.05, 4.69) is 22.1 Å². The number of pyridine rings is 1. The van der Waals surface area contributed by atoms with Crippen LogP contribution in [0.5, 0.6) is 11.5 Å². The molecule has 3 rings (SSSR count). The van der Waals surface area contributed by atoms with Gasteiger partial charge in [-0.1, -0.05) is 35.6 Å². The topological polar surface area (TPSA) is 92.7 Å². The Morgan fingerprint density at radius 2 is 1.86 bits per heavy atom. The highest BCUT2D eigenvalue weighted by Crippen LogP contribution is 2.27. The zero-order valence-corrected chi connectivity index (χ0v) is 19.7. The third-order valence-corrected chi connectivity index (χ3v) is 5.09. The van der Waals surface area contributed by atoms with Crippen molar-refractivity contribution in [3.8, 4) is 23.3 Å². The Bertz CT molecular complexity index is 1240. The van der Waals surface area contributed by atoms with Crippen LogP contribution in [0.25, 0.3) is 0 Å². The second-order valence-corrected chi connectivity index (χ2v) is 7.83. The molecule has 0 saturated carbocycles. The van der Waals surface area contributed by atoms with Crippen LogP contribution in [0.15, 0.2) is 60.8 Å². The number of hydrogen-bond donors (Lipinski definition) is 3. The lowest BCUT2D eigenvalue weighted by molar-refractivity contribution is -0.161. The maximum absolute atomic E-state index is 13.2. The van der Waals surface area contributed by atoms with Gasteiger partial charge in [0.1, 0.15) is 29.8 Å². The minimum Gasteiger partial charge on any atom is -0.497 e. The predicted octanol–water partition coefficient (Wildman–Crippen LogP) is 5.08. The van der Waals surface area contributed by atoms with E-state index >= 15 is 0 Å². The van der Waals surface area contributed by atoms with Crippen LogP contribution in [-0.2, 0) is 6.61 Å². The maximum atomic E-state index is 13.2. The van der Waals surface area contributed by atoms with Crippen molar-refractivity contribution < 1.29 is 32.6 Å². The number of carbonyl (C=O) groups is 1. The van der Waals surface area contributed by atoms with Crippen molar-refractivity contribution in [3.05, 3.63) is 82.5 Å². The molecule has 0 aliphatic heterocycles. The van der Waals surface area contributed by atoms with Gasteiger partial charge in [-0.2, -0.15) is 13.2 Å². The molecule has 2 aromatic carbocycles. The van der Waals surface area contributed by atoms with Gasteiger partial charge < -0.3 is 20.0 Å². The van der Waals surface area contributed by atoms with Gasteiger partial charge in [0.25, 0.3) is 5.91 Å². The van der Waals surface area contributed by atoms with E-state index in [0.29, 0.717) is 16.3 Å². The Hall–Kier alpha value is -3.78. The van der Waals surface area contributed by atoms with Crippen LogP contribution >= 0.6 is 11.6 Å². The van der Waals surface area contributed by atoms with Gasteiger partial charge in [-0.15, -0.1) is 0 Å². The number of halogens is 4. The number of methoxy groups -OCH3 is 1. The van der Waals surface area contributed by atoms with Gasteiger partial charge in [-0.3, -0.25) is 4.79 Å². The van der Waals surface area contributed by atoms with Crippen molar-refractivity contribution >= 4 is 23.3 Å². The minimum atomic E-state index is -4.66. The molecular weight excluding hydrogens is 499 g/mol. The van der Waals surface area contributed by atoms with Crippen LogP contribution in [0, 0.1) is 17.8 Å². The van der Waals surface area contributed by atoms with Crippen molar-refractivity contribution in [2.24, 2.45) is 5.92 Å². The highest BCUT2D eigenvalue weighted by Gasteiger charge is 2.38. The molecule has 0 aliphatic rings. The fraction of sp³-hybridized carbons (Fsp3) is 0.200. The normalized spacial score (nSPS) is 11.7. The lowest BCUT2D eigenvalue weighted by Crippen LogP contribution is -2.31. The third-order valence-electron chi connectivity index (χ3n) is 4.84. The first kappa shape index (κ1) is 26.8. The number of aromatic nitrogens is 1. The molecular formula is C25H21ClF3N3O4. The summed E-state index contributed by atoms with van der Waals surface area (Å²) in [5, 5.41) is 11.8. The number of benzene rings is 2. The van der Waals surface area contributed by atoms with E-state index in [9.17, 15) is 18.0 Å². The molecule has 3 N–H and O–H groups in total. The van der Waals surface area contributed by atoms with Crippen LogP contribution in [-0.4, -0.2) is 35.9 Å². The lowest BCUT2D eigenvalue weighted by Gasteiger charge is -2.14. The fourth-order valence-electron chi connectivity index (χ4n) is 2.90. The van der Waals surface area contributed by atoms with Crippen LogP contribution in [0.3, 0.4) is 0 Å². The molecule has 0 spiro atoms. The largest absolute Gasteiger partial charge is 0.497 e. The molecule has 0 saturated heterocycles. The van der Waals surface area contributed by atoms with Gasteiger partial charge in [0.05, 0.1) is 12.7 Å². The summed E-state index contributed by atoms with van der Waals surface area (Å²) >= 11 is 5.85. The van der Waals surface area contributed by atoms with Gasteiger partial charge in [0.15, 0.2) is 0 Å². The molecule has 188 valence electrons. The number of rotatable bonds is 8. The molecule has 36 heavy (non-hydrogen) atoms. The Labute approximate surface area is 210 Å². The molecule has 7 nitrogen and oxygen atoms in total. The maximum Gasteiger partial charge on any atom is 0.403 e. The van der Waals surface area contributed by atoms with E-state index in [1.54, 1.807) is 36.4 Å². The van der Waals surface area contributed by atoms with Gasteiger partial charge in [-0.05, 0) is 42.0 Å². The molecule has 0 bridgehead atoms. The quantitative estimate of drug-likeness (QED) is 0.284. The summed E-state index contributed by atoms with van der Waals surface area (Å²) in [5.74, 6) is 2.78. The van der Waals surface area contributed by atoms with Crippen molar-refractivity contribution in [2.45, 2.75) is 12.8 Å². The molecule has 11 heteroatoms. The average Bonchev–Trinajstić information content (AvgIpc) is 2.86. The molecule has 1 unspecified atom stereocenters. The Kier molecular flexibility index (Phi) is 9.13. The second-order valence-electron chi connectivity index (χ2n) is 7.39. The van der Waals surface area contributed by atoms with Gasteiger partial charge >= 0.3 is 6.18 Å². The van der Waals surface area contributed by atoms with E-state index in [-0.39, 0.29) is 23.7 Å². The number of carbonyl (C=O) groups excluding carboxylic acids is 1. The first-order chi connectivity index (χ1) is 17.2. The SMILES string of the molecule is COc1ccc(COc2cc(NC(=O)c3ccc(Cl)cc3)ncc2C#CC(CNO)C(F)(F)F)cc1. The Balaban J connectivity index is 1.88.